The van der Waals surface area contributed by atoms with Gasteiger partial charge in [-0.15, -0.1) is 0 Å². The van der Waals surface area contributed by atoms with Crippen molar-refractivity contribution in [3.05, 3.63) is 30.2 Å². The minimum atomic E-state index is 0.255. The highest BCUT2D eigenvalue weighted by atomic mass is 16.5. The van der Waals surface area contributed by atoms with Crippen LogP contribution in [0.1, 0.15) is 25.0 Å². The smallest absolute Gasteiger partial charge is 0.222 e. The molecule has 0 unspecified atom stereocenters. The summed E-state index contributed by atoms with van der Waals surface area (Å²) in [5, 5.41) is 4.60. The van der Waals surface area contributed by atoms with Crippen molar-refractivity contribution in [3.63, 3.8) is 0 Å². The molecule has 2 aromatic rings. The summed E-state index contributed by atoms with van der Waals surface area (Å²) in [4.78, 5) is 19.0. The van der Waals surface area contributed by atoms with Crippen molar-refractivity contribution >= 4 is 11.6 Å². The summed E-state index contributed by atoms with van der Waals surface area (Å²) in [7, 11) is 0. The third-order valence-electron chi connectivity index (χ3n) is 5.30. The molecule has 2 saturated heterocycles. The largest absolute Gasteiger partial charge is 0.381 e. The number of imidazole rings is 1. The van der Waals surface area contributed by atoms with Gasteiger partial charge in [0.05, 0.1) is 18.9 Å². The minimum absolute atomic E-state index is 0.255. The normalized spacial score (nSPS) is 22.5. The number of ether oxygens (including phenoxy) is 2. The summed E-state index contributed by atoms with van der Waals surface area (Å²) >= 11 is 0. The molecule has 2 aromatic heterocycles. The summed E-state index contributed by atoms with van der Waals surface area (Å²) in [6.07, 6.45) is 7.02. The maximum atomic E-state index is 12.8. The molecule has 2 aliphatic heterocycles. The van der Waals surface area contributed by atoms with Crippen LogP contribution in [-0.4, -0.2) is 64.9 Å². The van der Waals surface area contributed by atoms with Crippen molar-refractivity contribution in [2.24, 2.45) is 11.8 Å². The lowest BCUT2D eigenvalue weighted by Gasteiger charge is -2.27. The van der Waals surface area contributed by atoms with Gasteiger partial charge in [0, 0.05) is 51.0 Å². The number of hydrogen-bond acceptors (Lipinski definition) is 5. The van der Waals surface area contributed by atoms with Gasteiger partial charge < -0.3 is 14.4 Å². The van der Waals surface area contributed by atoms with Crippen LogP contribution < -0.4 is 0 Å². The fourth-order valence-corrected chi connectivity index (χ4v) is 3.82. The fraction of sp³-hybridized carbons (Fsp3) is 0.632. The summed E-state index contributed by atoms with van der Waals surface area (Å²) < 4.78 is 13.0. The molecule has 1 amide bonds. The zero-order valence-electron chi connectivity index (χ0n) is 15.0. The summed E-state index contributed by atoms with van der Waals surface area (Å²) in [5.41, 5.74) is 1.85. The third kappa shape index (κ3) is 4.22. The van der Waals surface area contributed by atoms with Crippen molar-refractivity contribution in [1.29, 1.82) is 0 Å². The molecule has 4 heterocycles. The van der Waals surface area contributed by atoms with E-state index in [0.717, 1.165) is 50.4 Å². The first-order chi connectivity index (χ1) is 12.8. The second-order valence-corrected chi connectivity index (χ2v) is 7.30. The molecule has 0 radical (unpaired) electrons. The van der Waals surface area contributed by atoms with Crippen molar-refractivity contribution in [2.45, 2.75) is 25.7 Å². The van der Waals surface area contributed by atoms with Gasteiger partial charge in [-0.25, -0.2) is 9.50 Å². The lowest BCUT2D eigenvalue weighted by Crippen LogP contribution is -2.38. The van der Waals surface area contributed by atoms with E-state index < -0.39 is 0 Å². The first kappa shape index (κ1) is 17.4. The number of carbonyl (C=O) groups is 1. The first-order valence-corrected chi connectivity index (χ1v) is 9.50. The standard InChI is InChI=1S/C19H26N4O3/c24-19(12-15-3-8-25-9-4-15)22-7-10-26-14-16(13-22)11-17-1-2-18-20-5-6-23(18)21-17/h1-2,5-6,15-16H,3-4,7-14H2/t16-/m0/s1. The molecule has 2 fully saturated rings. The lowest BCUT2D eigenvalue weighted by molar-refractivity contribution is -0.133. The van der Waals surface area contributed by atoms with Gasteiger partial charge in [-0.1, -0.05) is 0 Å². The molecule has 0 bridgehead atoms. The molecular weight excluding hydrogens is 332 g/mol. The highest BCUT2D eigenvalue weighted by Gasteiger charge is 2.26. The number of carbonyl (C=O) groups excluding carboxylic acids is 1. The van der Waals surface area contributed by atoms with Crippen LogP contribution >= 0.6 is 0 Å². The van der Waals surface area contributed by atoms with Crippen molar-refractivity contribution in [2.75, 3.05) is 39.5 Å². The fourth-order valence-electron chi connectivity index (χ4n) is 3.82. The van der Waals surface area contributed by atoms with Gasteiger partial charge in [0.1, 0.15) is 0 Å². The lowest BCUT2D eigenvalue weighted by atomic mass is 9.95. The molecule has 4 rings (SSSR count). The Bertz CT molecular complexity index is 741. The highest BCUT2D eigenvalue weighted by Crippen LogP contribution is 2.21. The highest BCUT2D eigenvalue weighted by molar-refractivity contribution is 5.76. The van der Waals surface area contributed by atoms with E-state index in [1.54, 1.807) is 10.7 Å². The summed E-state index contributed by atoms with van der Waals surface area (Å²) in [6, 6.07) is 4.00. The zero-order chi connectivity index (χ0) is 17.8. The Kier molecular flexibility index (Phi) is 5.45. The molecule has 0 saturated carbocycles. The van der Waals surface area contributed by atoms with Gasteiger partial charge >= 0.3 is 0 Å². The van der Waals surface area contributed by atoms with Crippen molar-refractivity contribution in [1.82, 2.24) is 19.5 Å². The Balaban J connectivity index is 1.37. The molecule has 0 N–H and O–H groups in total. The molecule has 1 atom stereocenters. The molecule has 0 spiro atoms. The SMILES string of the molecule is O=C(CC1CCOCC1)N1CCOC[C@@H](Cc2ccc3nccn3n2)C1. The summed E-state index contributed by atoms with van der Waals surface area (Å²) in [5.74, 6) is 0.985. The van der Waals surface area contributed by atoms with Crippen LogP contribution in [0.15, 0.2) is 24.5 Å². The van der Waals surface area contributed by atoms with Crippen LogP contribution in [0.25, 0.3) is 5.65 Å². The zero-order valence-corrected chi connectivity index (χ0v) is 15.0. The van der Waals surface area contributed by atoms with E-state index in [0.29, 0.717) is 32.1 Å². The quantitative estimate of drug-likeness (QED) is 0.830. The Morgan fingerprint density at radius 1 is 1.15 bits per heavy atom. The number of nitrogens with zero attached hydrogens (tertiary/aromatic N) is 4. The molecule has 7 heteroatoms. The maximum Gasteiger partial charge on any atom is 0.222 e. The van der Waals surface area contributed by atoms with Gasteiger partial charge in [0.25, 0.3) is 0 Å². The van der Waals surface area contributed by atoms with E-state index in [-0.39, 0.29) is 11.8 Å². The molecule has 26 heavy (non-hydrogen) atoms. The monoisotopic (exact) mass is 358 g/mol. The molecule has 2 aliphatic rings. The van der Waals surface area contributed by atoms with Gasteiger partial charge in [-0.05, 0) is 37.3 Å². The van der Waals surface area contributed by atoms with Crippen molar-refractivity contribution in [3.8, 4) is 0 Å². The Labute approximate surface area is 153 Å². The Morgan fingerprint density at radius 3 is 2.92 bits per heavy atom. The molecule has 140 valence electrons. The van der Waals surface area contributed by atoms with E-state index in [1.165, 1.54) is 0 Å². The number of amides is 1. The van der Waals surface area contributed by atoms with Crippen LogP contribution in [0.4, 0.5) is 0 Å². The van der Waals surface area contributed by atoms with Crippen LogP contribution in [0.3, 0.4) is 0 Å². The Hall–Kier alpha value is -1.99. The average Bonchev–Trinajstić information content (AvgIpc) is 3.00. The van der Waals surface area contributed by atoms with Crippen LogP contribution in [0.5, 0.6) is 0 Å². The van der Waals surface area contributed by atoms with Crippen LogP contribution in [0.2, 0.25) is 0 Å². The topological polar surface area (TPSA) is 69.0 Å². The average molecular weight is 358 g/mol. The van der Waals surface area contributed by atoms with E-state index in [2.05, 4.69) is 10.1 Å². The molecule has 0 aromatic carbocycles. The Morgan fingerprint density at radius 2 is 2.04 bits per heavy atom. The van der Waals surface area contributed by atoms with Gasteiger partial charge in [-0.3, -0.25) is 4.79 Å². The van der Waals surface area contributed by atoms with Gasteiger partial charge in [0.15, 0.2) is 5.65 Å². The molecule has 7 nitrogen and oxygen atoms in total. The number of rotatable bonds is 4. The second kappa shape index (κ2) is 8.14. The first-order valence-electron chi connectivity index (χ1n) is 9.50. The van der Waals surface area contributed by atoms with Gasteiger partial charge in [-0.2, -0.15) is 5.10 Å². The summed E-state index contributed by atoms with van der Waals surface area (Å²) in [6.45, 7) is 4.28. The molecular formula is C19H26N4O3. The molecule has 0 aliphatic carbocycles. The van der Waals surface area contributed by atoms with Crippen LogP contribution in [0, 0.1) is 11.8 Å². The predicted octanol–water partition coefficient (Wildman–Crippen LogP) is 1.56. The second-order valence-electron chi connectivity index (χ2n) is 7.30. The van der Waals surface area contributed by atoms with Crippen LogP contribution in [-0.2, 0) is 20.7 Å². The number of aromatic nitrogens is 3. The maximum absolute atomic E-state index is 12.8. The predicted molar refractivity (Wildman–Crippen MR) is 95.7 cm³/mol. The van der Waals surface area contributed by atoms with Crippen molar-refractivity contribution < 1.29 is 14.3 Å². The third-order valence-corrected chi connectivity index (χ3v) is 5.30. The van der Waals surface area contributed by atoms with E-state index in [4.69, 9.17) is 9.47 Å². The van der Waals surface area contributed by atoms with E-state index in [1.807, 2.05) is 23.2 Å². The van der Waals surface area contributed by atoms with E-state index >= 15 is 0 Å². The van der Waals surface area contributed by atoms with Gasteiger partial charge in [0.2, 0.25) is 5.91 Å². The van der Waals surface area contributed by atoms with E-state index in [9.17, 15) is 4.79 Å². The number of fused-ring (bicyclic) bond motifs is 1. The minimum Gasteiger partial charge on any atom is -0.381 e. The number of hydrogen-bond donors (Lipinski definition) is 0.